The first-order valence-corrected chi connectivity index (χ1v) is 9.23. The third kappa shape index (κ3) is 3.23. The van der Waals surface area contributed by atoms with Crippen molar-refractivity contribution in [2.75, 3.05) is 26.2 Å². The lowest BCUT2D eigenvalue weighted by molar-refractivity contribution is 0.0834. The van der Waals surface area contributed by atoms with E-state index in [1.54, 1.807) is 17.5 Å². The van der Waals surface area contributed by atoms with Crippen LogP contribution in [0.3, 0.4) is 0 Å². The van der Waals surface area contributed by atoms with E-state index in [2.05, 4.69) is 51.1 Å². The van der Waals surface area contributed by atoms with Crippen molar-refractivity contribution >= 4 is 0 Å². The fourth-order valence-electron chi connectivity index (χ4n) is 4.15. The van der Waals surface area contributed by atoms with E-state index in [9.17, 15) is 0 Å². The lowest BCUT2D eigenvalue weighted by Crippen LogP contribution is -2.51. The van der Waals surface area contributed by atoms with Crippen LogP contribution >= 0.6 is 0 Å². The monoisotopic (exact) mass is 325 g/mol. The number of aryl methyl sites for hydroxylation is 2. The van der Waals surface area contributed by atoms with E-state index in [-0.39, 0.29) is 0 Å². The molecule has 0 saturated carbocycles. The Bertz CT molecular complexity index is 672. The number of nitrogens with zero attached hydrogens (tertiary/aromatic N) is 5. The molecule has 0 N–H and O–H groups in total. The number of aromatic nitrogens is 3. The Kier molecular flexibility index (Phi) is 4.63. The van der Waals surface area contributed by atoms with Crippen LogP contribution in [-0.2, 0) is 25.9 Å². The minimum Gasteiger partial charge on any atom is -0.298 e. The van der Waals surface area contributed by atoms with E-state index in [4.69, 9.17) is 0 Å². The molecule has 2 aliphatic rings. The molecule has 24 heavy (non-hydrogen) atoms. The first kappa shape index (κ1) is 15.8. The van der Waals surface area contributed by atoms with Crippen molar-refractivity contribution in [3.8, 4) is 0 Å². The molecule has 1 aromatic heterocycles. The maximum Gasteiger partial charge on any atom is 0.140 e. The third-order valence-electron chi connectivity index (χ3n) is 5.60. The Hall–Kier alpha value is -1.72. The number of benzene rings is 1. The standard InChI is InChI=1S/C19H27N5/c1-2-24-19(20-15-21-24)14-22-9-11-23(12-10-22)18-8-7-16-5-3-4-6-17(16)13-18/h3-6,15,18H,2,7-14H2,1H3/t18-/m1/s1. The molecular formula is C19H27N5. The highest BCUT2D eigenvalue weighted by molar-refractivity contribution is 5.30. The normalized spacial score (nSPS) is 22.5. The highest BCUT2D eigenvalue weighted by Gasteiger charge is 2.27. The van der Waals surface area contributed by atoms with Gasteiger partial charge in [-0.1, -0.05) is 24.3 Å². The van der Waals surface area contributed by atoms with Gasteiger partial charge >= 0.3 is 0 Å². The molecule has 0 bridgehead atoms. The topological polar surface area (TPSA) is 37.2 Å². The average Bonchev–Trinajstić information content (AvgIpc) is 3.09. The first-order chi connectivity index (χ1) is 11.8. The Labute approximate surface area is 144 Å². The summed E-state index contributed by atoms with van der Waals surface area (Å²) in [6.07, 6.45) is 5.44. The Morgan fingerprint density at radius 1 is 1.08 bits per heavy atom. The van der Waals surface area contributed by atoms with Crippen LogP contribution in [-0.4, -0.2) is 56.8 Å². The highest BCUT2D eigenvalue weighted by atomic mass is 15.4. The SMILES string of the molecule is CCn1ncnc1CN1CCN([C@@H]2CCc3ccccc3C2)CC1. The van der Waals surface area contributed by atoms with Crippen LogP contribution in [0.25, 0.3) is 0 Å². The third-order valence-corrected chi connectivity index (χ3v) is 5.60. The van der Waals surface area contributed by atoms with E-state index < -0.39 is 0 Å². The molecule has 0 radical (unpaired) electrons. The van der Waals surface area contributed by atoms with Crippen molar-refractivity contribution in [3.05, 3.63) is 47.5 Å². The molecule has 2 heterocycles. The quantitative estimate of drug-likeness (QED) is 0.861. The number of piperazine rings is 1. The number of rotatable bonds is 4. The lowest BCUT2D eigenvalue weighted by atomic mass is 9.87. The number of hydrogen-bond donors (Lipinski definition) is 0. The molecule has 2 aromatic rings. The molecule has 1 aliphatic carbocycles. The fourth-order valence-corrected chi connectivity index (χ4v) is 4.15. The molecule has 1 saturated heterocycles. The Morgan fingerprint density at radius 2 is 1.88 bits per heavy atom. The molecule has 0 amide bonds. The molecule has 0 unspecified atom stereocenters. The fraction of sp³-hybridized carbons (Fsp3) is 0.579. The van der Waals surface area contributed by atoms with E-state index in [1.807, 2.05) is 4.68 Å². The van der Waals surface area contributed by atoms with Crippen LogP contribution < -0.4 is 0 Å². The number of hydrogen-bond acceptors (Lipinski definition) is 4. The molecule has 0 spiro atoms. The first-order valence-electron chi connectivity index (χ1n) is 9.23. The Morgan fingerprint density at radius 3 is 2.67 bits per heavy atom. The highest BCUT2D eigenvalue weighted by Crippen LogP contribution is 2.25. The summed E-state index contributed by atoms with van der Waals surface area (Å²) in [4.78, 5) is 9.63. The zero-order valence-corrected chi connectivity index (χ0v) is 14.6. The van der Waals surface area contributed by atoms with Gasteiger partial charge in [0.2, 0.25) is 0 Å². The van der Waals surface area contributed by atoms with Gasteiger partial charge in [-0.25, -0.2) is 9.67 Å². The summed E-state index contributed by atoms with van der Waals surface area (Å²) in [5, 5.41) is 4.28. The molecule has 1 atom stereocenters. The van der Waals surface area contributed by atoms with E-state index in [1.165, 1.54) is 32.4 Å². The maximum absolute atomic E-state index is 4.41. The predicted octanol–water partition coefficient (Wildman–Crippen LogP) is 1.97. The second kappa shape index (κ2) is 7.03. The van der Waals surface area contributed by atoms with Crippen molar-refractivity contribution in [2.24, 2.45) is 0 Å². The zero-order chi connectivity index (χ0) is 16.4. The largest absolute Gasteiger partial charge is 0.298 e. The van der Waals surface area contributed by atoms with Crippen LogP contribution in [0.4, 0.5) is 0 Å². The minimum atomic E-state index is 0.723. The van der Waals surface area contributed by atoms with Gasteiger partial charge in [-0.15, -0.1) is 0 Å². The van der Waals surface area contributed by atoms with Gasteiger partial charge in [0.05, 0.1) is 6.54 Å². The van der Waals surface area contributed by atoms with Crippen LogP contribution in [0.1, 0.15) is 30.3 Å². The van der Waals surface area contributed by atoms with Crippen molar-refractivity contribution < 1.29 is 0 Å². The summed E-state index contributed by atoms with van der Waals surface area (Å²) in [5.74, 6) is 1.09. The maximum atomic E-state index is 4.41. The number of fused-ring (bicyclic) bond motifs is 1. The Balaban J connectivity index is 1.32. The van der Waals surface area contributed by atoms with Gasteiger partial charge in [-0.3, -0.25) is 9.80 Å². The summed E-state index contributed by atoms with van der Waals surface area (Å²) in [5.41, 5.74) is 3.12. The minimum absolute atomic E-state index is 0.723. The molecular weight excluding hydrogens is 298 g/mol. The molecule has 128 valence electrons. The summed E-state index contributed by atoms with van der Waals surface area (Å²) in [7, 11) is 0. The van der Waals surface area contributed by atoms with Crippen LogP contribution in [0.5, 0.6) is 0 Å². The van der Waals surface area contributed by atoms with Gasteiger partial charge in [0, 0.05) is 38.8 Å². The van der Waals surface area contributed by atoms with Gasteiger partial charge in [-0.2, -0.15) is 5.10 Å². The zero-order valence-electron chi connectivity index (χ0n) is 14.6. The van der Waals surface area contributed by atoms with Gasteiger partial charge < -0.3 is 0 Å². The molecule has 1 aromatic carbocycles. The second-order valence-electron chi connectivity index (χ2n) is 6.97. The van der Waals surface area contributed by atoms with Gasteiger partial charge in [-0.05, 0) is 37.3 Å². The molecule has 1 fully saturated rings. The van der Waals surface area contributed by atoms with Crippen molar-refractivity contribution in [1.29, 1.82) is 0 Å². The van der Waals surface area contributed by atoms with Gasteiger partial charge in [0.1, 0.15) is 12.2 Å². The molecule has 4 rings (SSSR count). The average molecular weight is 325 g/mol. The summed E-state index contributed by atoms with van der Waals surface area (Å²) < 4.78 is 2.00. The van der Waals surface area contributed by atoms with E-state index >= 15 is 0 Å². The van der Waals surface area contributed by atoms with Crippen molar-refractivity contribution in [3.63, 3.8) is 0 Å². The molecule has 5 heteroatoms. The van der Waals surface area contributed by atoms with Crippen LogP contribution in [0.15, 0.2) is 30.6 Å². The molecule has 5 nitrogen and oxygen atoms in total. The van der Waals surface area contributed by atoms with Gasteiger partial charge in [0.15, 0.2) is 0 Å². The van der Waals surface area contributed by atoms with E-state index in [0.717, 1.165) is 38.0 Å². The lowest BCUT2D eigenvalue weighted by Gasteiger charge is -2.41. The van der Waals surface area contributed by atoms with E-state index in [0.29, 0.717) is 0 Å². The van der Waals surface area contributed by atoms with Crippen molar-refractivity contribution in [1.82, 2.24) is 24.6 Å². The van der Waals surface area contributed by atoms with Crippen LogP contribution in [0, 0.1) is 0 Å². The van der Waals surface area contributed by atoms with Crippen molar-refractivity contribution in [2.45, 2.75) is 45.3 Å². The summed E-state index contributed by atoms with van der Waals surface area (Å²) in [6.45, 7) is 8.56. The second-order valence-corrected chi connectivity index (χ2v) is 6.97. The summed E-state index contributed by atoms with van der Waals surface area (Å²) in [6, 6.07) is 9.69. The molecule has 1 aliphatic heterocycles. The summed E-state index contributed by atoms with van der Waals surface area (Å²) >= 11 is 0. The van der Waals surface area contributed by atoms with Gasteiger partial charge in [0.25, 0.3) is 0 Å². The van der Waals surface area contributed by atoms with Crippen LogP contribution in [0.2, 0.25) is 0 Å². The predicted molar refractivity (Wildman–Crippen MR) is 94.8 cm³/mol. The smallest absolute Gasteiger partial charge is 0.140 e.